The number of nitrogens with one attached hydrogen (secondary N) is 2. The molecular formula is C60H50N6O4. The molecular weight excluding hydrogens is 869 g/mol. The number of phenols is 2. The molecule has 1 amide bonds. The molecule has 10 nitrogen and oxygen atoms in total. The average molecular weight is 919 g/mol. The summed E-state index contributed by atoms with van der Waals surface area (Å²) in [5.74, 6) is -0.646. The summed E-state index contributed by atoms with van der Waals surface area (Å²) in [5, 5.41) is 46.7. The van der Waals surface area contributed by atoms with Crippen molar-refractivity contribution in [1.29, 1.82) is 0 Å². The summed E-state index contributed by atoms with van der Waals surface area (Å²) in [6.45, 7) is 8.12. The van der Waals surface area contributed by atoms with Crippen molar-refractivity contribution >= 4 is 85.9 Å². The van der Waals surface area contributed by atoms with Gasteiger partial charge in [0.25, 0.3) is 5.91 Å². The second-order valence-electron chi connectivity index (χ2n) is 17.2. The van der Waals surface area contributed by atoms with E-state index >= 15 is 0 Å². The lowest BCUT2D eigenvalue weighted by Crippen LogP contribution is -2.13. The molecule has 9 aromatic rings. The molecule has 0 fully saturated rings. The van der Waals surface area contributed by atoms with Gasteiger partial charge < -0.3 is 15.5 Å². The topological polar surface area (TPSA) is 140 Å². The first-order valence-corrected chi connectivity index (χ1v) is 22.9. The minimum absolute atomic E-state index is 0.0226. The van der Waals surface area contributed by atoms with E-state index in [9.17, 15) is 15.0 Å². The Morgan fingerprint density at radius 1 is 0.500 bits per heavy atom. The number of phenolic OH excluding ortho intramolecular Hbond substituents is 2. The minimum atomic E-state index is -0.432. The lowest BCUT2D eigenvalue weighted by Gasteiger charge is -2.13. The minimum Gasteiger partial charge on any atom is -0.505 e. The molecule has 0 saturated heterocycles. The third-order valence-corrected chi connectivity index (χ3v) is 11.9. The zero-order valence-corrected chi connectivity index (χ0v) is 39.2. The Kier molecular flexibility index (Phi) is 13.8. The monoisotopic (exact) mass is 918 g/mol. The number of amides is 1. The molecule has 9 rings (SSSR count). The number of aryl methyl sites for hydroxylation is 4. The van der Waals surface area contributed by atoms with Gasteiger partial charge >= 0.3 is 0 Å². The van der Waals surface area contributed by atoms with Crippen molar-refractivity contribution in [3.05, 3.63) is 225 Å². The van der Waals surface area contributed by atoms with Gasteiger partial charge in [-0.1, -0.05) is 157 Å². The van der Waals surface area contributed by atoms with Crippen molar-refractivity contribution in [2.75, 3.05) is 10.8 Å². The fourth-order valence-corrected chi connectivity index (χ4v) is 8.06. The molecule has 0 heterocycles. The van der Waals surface area contributed by atoms with E-state index in [-0.39, 0.29) is 29.4 Å². The molecule has 9 aromatic carbocycles. The molecule has 0 aliphatic carbocycles. The number of carbonyl (C=O) groups excluding carboxylic acids is 1. The van der Waals surface area contributed by atoms with Gasteiger partial charge in [-0.05, 0) is 120 Å². The van der Waals surface area contributed by atoms with E-state index in [1.807, 2.05) is 179 Å². The third kappa shape index (κ3) is 10.9. The average Bonchev–Trinajstić information content (AvgIpc) is 3.37. The van der Waals surface area contributed by atoms with Crippen LogP contribution >= 0.6 is 0 Å². The fraction of sp³-hybridized carbons (Fsp3) is 0.0833. The van der Waals surface area contributed by atoms with Crippen molar-refractivity contribution in [2.45, 2.75) is 34.3 Å². The van der Waals surface area contributed by atoms with E-state index in [0.717, 1.165) is 60.8 Å². The summed E-state index contributed by atoms with van der Waals surface area (Å²) >= 11 is 0. The molecule has 70 heavy (non-hydrogen) atoms. The van der Waals surface area contributed by atoms with Gasteiger partial charge in [0.1, 0.15) is 23.7 Å². The molecule has 0 atom stereocenters. The van der Waals surface area contributed by atoms with Crippen molar-refractivity contribution in [2.24, 2.45) is 20.5 Å². The number of hydrogen-bond acceptors (Lipinski definition) is 9. The van der Waals surface area contributed by atoms with Crippen LogP contribution in [0.5, 0.6) is 11.5 Å². The molecule has 0 saturated carbocycles. The first-order chi connectivity index (χ1) is 34.0. The first-order valence-electron chi connectivity index (χ1n) is 22.9. The second kappa shape index (κ2) is 20.9. The van der Waals surface area contributed by atoms with Gasteiger partial charge in [-0.3, -0.25) is 15.1 Å². The Labute approximate surface area is 406 Å². The molecule has 0 aromatic heterocycles. The van der Waals surface area contributed by atoms with E-state index in [2.05, 4.69) is 67.7 Å². The number of benzene rings is 9. The maximum atomic E-state index is 13.4. The van der Waals surface area contributed by atoms with Gasteiger partial charge in [0, 0.05) is 22.0 Å². The molecule has 0 aliphatic heterocycles. The van der Waals surface area contributed by atoms with Gasteiger partial charge in [-0.25, -0.2) is 0 Å². The number of hydrogen-bond donors (Lipinski definition) is 4. The van der Waals surface area contributed by atoms with Crippen LogP contribution in [0.2, 0.25) is 0 Å². The summed E-state index contributed by atoms with van der Waals surface area (Å²) in [5.41, 5.74) is 15.5. The smallest absolute Gasteiger partial charge is 0.259 e. The number of anilines is 2. The lowest BCUT2D eigenvalue weighted by atomic mass is 10.0. The summed E-state index contributed by atoms with van der Waals surface area (Å²) in [7, 11) is 0. The zero-order chi connectivity index (χ0) is 48.6. The summed E-state index contributed by atoms with van der Waals surface area (Å²) in [6.07, 6.45) is 8.18. The predicted octanol–water partition coefficient (Wildman–Crippen LogP) is 16.6. The van der Waals surface area contributed by atoms with Gasteiger partial charge in [0.15, 0.2) is 5.75 Å². The second-order valence-corrected chi connectivity index (χ2v) is 17.2. The van der Waals surface area contributed by atoms with E-state index in [1.165, 1.54) is 5.56 Å². The van der Waals surface area contributed by atoms with Crippen LogP contribution < -0.4 is 10.8 Å². The third-order valence-electron chi connectivity index (χ3n) is 11.9. The molecule has 344 valence electrons. The van der Waals surface area contributed by atoms with Crippen LogP contribution in [0.3, 0.4) is 0 Å². The maximum Gasteiger partial charge on any atom is 0.259 e. The molecule has 0 spiro atoms. The van der Waals surface area contributed by atoms with Crippen LogP contribution in [0.25, 0.3) is 45.8 Å². The van der Waals surface area contributed by atoms with Crippen molar-refractivity contribution in [1.82, 2.24) is 0 Å². The highest BCUT2D eigenvalue weighted by Crippen LogP contribution is 2.41. The maximum absolute atomic E-state index is 13.4. The largest absolute Gasteiger partial charge is 0.505 e. The van der Waals surface area contributed by atoms with Crippen molar-refractivity contribution in [3.8, 4) is 11.5 Å². The molecule has 10 heteroatoms. The Morgan fingerprint density at radius 3 is 1.44 bits per heavy atom. The summed E-state index contributed by atoms with van der Waals surface area (Å²) < 4.78 is 0. The van der Waals surface area contributed by atoms with E-state index < -0.39 is 5.91 Å². The fourth-order valence-electron chi connectivity index (χ4n) is 8.06. The highest BCUT2D eigenvalue weighted by molar-refractivity contribution is 6.12. The molecule has 4 N–H and O–H groups in total. The molecule has 0 bridgehead atoms. The predicted molar refractivity (Wildman–Crippen MR) is 285 cm³/mol. The summed E-state index contributed by atoms with van der Waals surface area (Å²) in [6, 6.07) is 54.3. The van der Waals surface area contributed by atoms with Crippen LogP contribution in [0, 0.1) is 27.7 Å². The van der Waals surface area contributed by atoms with Gasteiger partial charge in [0.05, 0.1) is 22.6 Å². The highest BCUT2D eigenvalue weighted by Gasteiger charge is 2.19. The van der Waals surface area contributed by atoms with Crippen LogP contribution in [-0.4, -0.2) is 16.1 Å². The van der Waals surface area contributed by atoms with Crippen molar-refractivity contribution in [3.63, 3.8) is 0 Å². The van der Waals surface area contributed by atoms with E-state index in [0.29, 0.717) is 33.7 Å². The zero-order valence-electron chi connectivity index (χ0n) is 39.2. The van der Waals surface area contributed by atoms with Gasteiger partial charge in [-0.2, -0.15) is 10.2 Å². The molecule has 0 aliphatic rings. The lowest BCUT2D eigenvalue weighted by molar-refractivity contribution is 0.102. The number of azo groups is 2. The standard InChI is InChI=1S/C60H50N6O4/c1-38-13-31-54(40(3)33-38)61-60(69)53-36-47-10-6-8-12-52(47)57(59(53)68)65-63-50-29-25-45(26-30-50)22-20-43-17-15-42(16-18-43)19-21-44-23-27-49(28-24-44)62-64-56-51-11-7-5-9-46(51)35-48(58(56)67)37-70-66-55-32-14-39(2)34-41(55)4/h5-36,66-68H,37H2,1-4H3,(H,61,69)/b21-19+,22-20+,64-62?,65-63?. The number of fused-ring (bicyclic) bond motifs is 2. The molecule has 0 radical (unpaired) electrons. The summed E-state index contributed by atoms with van der Waals surface area (Å²) in [4.78, 5) is 19.2. The number of nitrogens with zero attached hydrogens (tertiary/aromatic N) is 4. The quantitative estimate of drug-likeness (QED) is 0.0488. The number of carbonyl (C=O) groups is 1. The van der Waals surface area contributed by atoms with E-state index in [1.54, 1.807) is 6.07 Å². The van der Waals surface area contributed by atoms with Crippen LogP contribution in [-0.2, 0) is 11.4 Å². The highest BCUT2D eigenvalue weighted by atomic mass is 16.6. The Bertz CT molecular complexity index is 3510. The molecule has 0 unspecified atom stereocenters. The SMILES string of the molecule is Cc1ccc(NOCc2cc3ccccc3c(N=Nc3ccc(/C=C/c4ccc(/C=C/c5ccc(N=Nc6c(O)c(C(=O)Nc7ccc(C)cc7C)cc7ccccc67)cc5)cc4)cc3)c2O)c(C)c1. The van der Waals surface area contributed by atoms with Crippen LogP contribution in [0.1, 0.15) is 60.4 Å². The Hall–Kier alpha value is -8.99. The first kappa shape index (κ1) is 46.1. The normalized spacial score (nSPS) is 11.8. The Balaban J connectivity index is 0.812. The number of aromatic hydroxyl groups is 2. The van der Waals surface area contributed by atoms with Crippen molar-refractivity contribution < 1.29 is 19.8 Å². The number of rotatable bonds is 14. The van der Waals surface area contributed by atoms with E-state index in [4.69, 9.17) is 4.84 Å². The van der Waals surface area contributed by atoms with Gasteiger partial charge in [-0.15, -0.1) is 10.2 Å². The van der Waals surface area contributed by atoms with Crippen LogP contribution in [0.15, 0.2) is 190 Å². The van der Waals surface area contributed by atoms with Gasteiger partial charge in [0.2, 0.25) is 0 Å². The van der Waals surface area contributed by atoms with Crippen LogP contribution in [0.4, 0.5) is 34.1 Å². The Morgan fingerprint density at radius 2 is 0.943 bits per heavy atom.